The smallest absolute Gasteiger partial charge is 0.261 e. The molecule has 0 aromatic heterocycles. The molecule has 0 atom stereocenters. The van der Waals surface area contributed by atoms with Crippen LogP contribution in [-0.4, -0.2) is 14.4 Å². The molecule has 2 rings (SSSR count). The molecule has 0 bridgehead atoms. The lowest BCUT2D eigenvalue weighted by Crippen LogP contribution is -2.24. The number of benzene rings is 2. The quantitative estimate of drug-likeness (QED) is 0.903. The zero-order valence-corrected chi connectivity index (χ0v) is 13.0. The number of rotatable bonds is 4. The van der Waals surface area contributed by atoms with E-state index < -0.39 is 32.3 Å². The molecule has 2 aromatic carbocycles. The maximum Gasteiger partial charge on any atom is 0.261 e. The zero-order valence-electron chi connectivity index (χ0n) is 10.6. The van der Waals surface area contributed by atoms with Crippen LogP contribution in [0.1, 0.15) is 10.4 Å². The van der Waals surface area contributed by atoms with E-state index in [1.54, 1.807) is 0 Å². The second-order valence-corrected chi connectivity index (χ2v) is 6.68. The van der Waals surface area contributed by atoms with Gasteiger partial charge >= 0.3 is 0 Å². The second-order valence-electron chi connectivity index (χ2n) is 4.16. The number of sulfonamides is 1. The molecule has 0 radical (unpaired) electrons. The van der Waals surface area contributed by atoms with Gasteiger partial charge in [-0.15, -0.1) is 0 Å². The van der Waals surface area contributed by atoms with Crippen molar-refractivity contribution < 1.29 is 22.7 Å². The Morgan fingerprint density at radius 3 is 2.45 bits per heavy atom. The highest BCUT2D eigenvalue weighted by Gasteiger charge is 2.18. The van der Waals surface area contributed by atoms with Crippen LogP contribution in [0.5, 0.6) is 0 Å². The van der Waals surface area contributed by atoms with Gasteiger partial charge < -0.3 is 9.90 Å². The van der Waals surface area contributed by atoms with Crippen molar-refractivity contribution in [3.63, 3.8) is 0 Å². The topological polar surface area (TPSA) is 86.3 Å². The predicted molar refractivity (Wildman–Crippen MR) is 78.0 cm³/mol. The first kappa shape index (κ1) is 16.5. The van der Waals surface area contributed by atoms with E-state index in [1.807, 2.05) is 0 Å². The number of carboxylic acid groups (broad SMARTS) is 1. The van der Waals surface area contributed by atoms with Crippen LogP contribution in [0.25, 0.3) is 0 Å². The van der Waals surface area contributed by atoms with Crippen LogP contribution in [0.2, 0.25) is 10.0 Å². The summed E-state index contributed by atoms with van der Waals surface area (Å²) in [4.78, 5) is 10.3. The molecule has 9 heteroatoms. The Bertz CT molecular complexity index is 855. The molecule has 22 heavy (non-hydrogen) atoms. The molecule has 0 spiro atoms. The van der Waals surface area contributed by atoms with Gasteiger partial charge in [0.05, 0.1) is 21.6 Å². The maximum atomic E-state index is 13.3. The Morgan fingerprint density at radius 1 is 1.14 bits per heavy atom. The van der Waals surface area contributed by atoms with Crippen LogP contribution >= 0.6 is 23.2 Å². The second kappa shape index (κ2) is 6.12. The number of anilines is 1. The lowest BCUT2D eigenvalue weighted by atomic mass is 10.2. The monoisotopic (exact) mass is 362 g/mol. The van der Waals surface area contributed by atoms with Gasteiger partial charge in [0.2, 0.25) is 0 Å². The van der Waals surface area contributed by atoms with E-state index in [9.17, 15) is 22.7 Å². The third-order valence-electron chi connectivity index (χ3n) is 2.64. The molecule has 0 aliphatic carbocycles. The first-order valence-electron chi connectivity index (χ1n) is 5.69. The largest absolute Gasteiger partial charge is 0.545 e. The number of hydrogen-bond donors (Lipinski definition) is 1. The minimum absolute atomic E-state index is 0.00786. The van der Waals surface area contributed by atoms with Crippen LogP contribution in [0.15, 0.2) is 41.3 Å². The summed E-state index contributed by atoms with van der Waals surface area (Å²) in [6, 6.07) is 6.44. The van der Waals surface area contributed by atoms with Gasteiger partial charge in [-0.2, -0.15) is 0 Å². The average molecular weight is 363 g/mol. The first-order valence-corrected chi connectivity index (χ1v) is 7.93. The van der Waals surface area contributed by atoms with E-state index >= 15 is 0 Å². The Hall–Kier alpha value is -1.83. The van der Waals surface area contributed by atoms with Crippen molar-refractivity contribution in [3.8, 4) is 0 Å². The van der Waals surface area contributed by atoms with Crippen molar-refractivity contribution in [2.24, 2.45) is 0 Å². The average Bonchev–Trinajstić information content (AvgIpc) is 2.42. The molecule has 0 heterocycles. The molecule has 0 saturated heterocycles. The van der Waals surface area contributed by atoms with Gasteiger partial charge in [-0.3, -0.25) is 4.72 Å². The molecule has 0 unspecified atom stereocenters. The highest BCUT2D eigenvalue weighted by molar-refractivity contribution is 7.92. The van der Waals surface area contributed by atoms with Crippen LogP contribution < -0.4 is 9.83 Å². The Kier molecular flexibility index (Phi) is 4.60. The standard InChI is InChI=1S/C13H8Cl2FNO4S/c14-7-1-3-10(15)12(5-7)17-22(20,21)8-2-4-11(16)9(6-8)13(18)19/h1-6,17H,(H,18,19)/p-1. The number of carbonyl (C=O) groups is 1. The summed E-state index contributed by atoms with van der Waals surface area (Å²) in [5.41, 5.74) is -0.853. The number of aromatic carboxylic acids is 1. The summed E-state index contributed by atoms with van der Waals surface area (Å²) >= 11 is 11.6. The molecular formula is C13H7Cl2FNO4S-. The summed E-state index contributed by atoms with van der Waals surface area (Å²) in [5, 5.41) is 11.1. The number of hydrogen-bond acceptors (Lipinski definition) is 4. The van der Waals surface area contributed by atoms with Gasteiger partial charge in [0.15, 0.2) is 0 Å². The fourth-order valence-corrected chi connectivity index (χ4v) is 3.10. The first-order chi connectivity index (χ1) is 10.2. The Balaban J connectivity index is 2.45. The van der Waals surface area contributed by atoms with E-state index in [0.29, 0.717) is 6.07 Å². The van der Waals surface area contributed by atoms with Gasteiger partial charge in [0, 0.05) is 10.6 Å². The van der Waals surface area contributed by atoms with Crippen LogP contribution in [0.4, 0.5) is 10.1 Å². The predicted octanol–water partition coefficient (Wildman–Crippen LogP) is 2.30. The molecule has 0 fully saturated rings. The zero-order chi connectivity index (χ0) is 16.5. The fraction of sp³-hybridized carbons (Fsp3) is 0. The van der Waals surface area contributed by atoms with E-state index in [-0.39, 0.29) is 15.7 Å². The summed E-state index contributed by atoms with van der Waals surface area (Å²) in [7, 11) is -4.18. The van der Waals surface area contributed by atoms with Crippen LogP contribution in [-0.2, 0) is 10.0 Å². The molecule has 5 nitrogen and oxygen atoms in total. The minimum atomic E-state index is -4.18. The molecule has 0 aliphatic heterocycles. The summed E-state index contributed by atoms with van der Waals surface area (Å²) in [6.07, 6.45) is 0. The number of halogens is 3. The highest BCUT2D eigenvalue weighted by Crippen LogP contribution is 2.28. The number of carbonyl (C=O) groups excluding carboxylic acids is 1. The van der Waals surface area contributed by atoms with Gasteiger partial charge in [-0.1, -0.05) is 23.2 Å². The minimum Gasteiger partial charge on any atom is -0.545 e. The molecule has 116 valence electrons. The third kappa shape index (κ3) is 3.49. The van der Waals surface area contributed by atoms with Crippen molar-refractivity contribution >= 4 is 44.9 Å². The van der Waals surface area contributed by atoms with Crippen molar-refractivity contribution in [3.05, 3.63) is 57.8 Å². The van der Waals surface area contributed by atoms with E-state index in [0.717, 1.165) is 12.1 Å². The van der Waals surface area contributed by atoms with Crippen LogP contribution in [0, 0.1) is 5.82 Å². The molecule has 0 saturated carbocycles. The summed E-state index contributed by atoms with van der Waals surface area (Å²) in [5.74, 6) is -2.92. The molecule has 0 amide bonds. The van der Waals surface area contributed by atoms with Crippen molar-refractivity contribution in [2.45, 2.75) is 4.90 Å². The van der Waals surface area contributed by atoms with Crippen LogP contribution in [0.3, 0.4) is 0 Å². The normalized spacial score (nSPS) is 11.2. The van der Waals surface area contributed by atoms with E-state index in [1.165, 1.54) is 18.2 Å². The molecular weight excluding hydrogens is 356 g/mol. The lowest BCUT2D eigenvalue weighted by Gasteiger charge is -2.12. The highest BCUT2D eigenvalue weighted by atomic mass is 35.5. The van der Waals surface area contributed by atoms with Gasteiger partial charge in [-0.05, 0) is 36.4 Å². The van der Waals surface area contributed by atoms with Gasteiger partial charge in [0.1, 0.15) is 5.82 Å². The molecule has 1 N–H and O–H groups in total. The Labute approximate surface area is 135 Å². The fourth-order valence-electron chi connectivity index (χ4n) is 1.61. The molecule has 2 aromatic rings. The number of carboxylic acids is 1. The summed E-state index contributed by atoms with van der Waals surface area (Å²) < 4.78 is 39.8. The van der Waals surface area contributed by atoms with Crippen molar-refractivity contribution in [2.75, 3.05) is 4.72 Å². The van der Waals surface area contributed by atoms with Crippen molar-refractivity contribution in [1.82, 2.24) is 0 Å². The van der Waals surface area contributed by atoms with E-state index in [2.05, 4.69) is 4.72 Å². The summed E-state index contributed by atoms with van der Waals surface area (Å²) in [6.45, 7) is 0. The third-order valence-corrected chi connectivity index (χ3v) is 4.57. The SMILES string of the molecule is O=C([O-])c1cc(S(=O)(=O)Nc2cc(Cl)ccc2Cl)ccc1F. The maximum absolute atomic E-state index is 13.3. The van der Waals surface area contributed by atoms with Gasteiger partial charge in [0.25, 0.3) is 10.0 Å². The van der Waals surface area contributed by atoms with E-state index in [4.69, 9.17) is 23.2 Å². The van der Waals surface area contributed by atoms with Gasteiger partial charge in [-0.25, -0.2) is 12.8 Å². The molecule has 0 aliphatic rings. The Morgan fingerprint density at radius 2 is 1.82 bits per heavy atom. The van der Waals surface area contributed by atoms with Crippen molar-refractivity contribution in [1.29, 1.82) is 0 Å². The number of nitrogens with one attached hydrogen (secondary N) is 1. The lowest BCUT2D eigenvalue weighted by molar-refractivity contribution is -0.255.